The first kappa shape index (κ1) is 21.4. The number of rotatable bonds is 3. The number of aromatic nitrogens is 1. The Hall–Kier alpha value is -2.81. The Kier molecular flexibility index (Phi) is 5.79. The number of hydrogen-bond donors (Lipinski definition) is 0. The van der Waals surface area contributed by atoms with Crippen LogP contribution in [0.4, 0.5) is 24.7 Å². The molecule has 2 aromatic rings. The molecule has 2 saturated heterocycles. The van der Waals surface area contributed by atoms with Crippen molar-refractivity contribution in [3.05, 3.63) is 53.2 Å². The number of alkyl halides is 3. The molecule has 3 heterocycles. The Morgan fingerprint density at radius 2 is 1.77 bits per heavy atom. The van der Waals surface area contributed by atoms with Crippen molar-refractivity contribution >= 4 is 34.9 Å². The van der Waals surface area contributed by atoms with Gasteiger partial charge < -0.3 is 14.7 Å². The summed E-state index contributed by atoms with van der Waals surface area (Å²) in [6.45, 7) is 1.90. The molecule has 1 unspecified atom stereocenters. The molecule has 2 fully saturated rings. The summed E-state index contributed by atoms with van der Waals surface area (Å²) in [5, 5.41) is -0.0745. The van der Waals surface area contributed by atoms with E-state index in [1.165, 1.54) is 0 Å². The van der Waals surface area contributed by atoms with Crippen molar-refractivity contribution in [3.63, 3.8) is 0 Å². The fraction of sp³-hybridized carbons (Fsp3) is 0.381. The third-order valence-corrected chi connectivity index (χ3v) is 5.86. The lowest BCUT2D eigenvalue weighted by molar-refractivity contribution is -0.138. The minimum atomic E-state index is -4.51. The van der Waals surface area contributed by atoms with Crippen LogP contribution in [0.1, 0.15) is 12.0 Å². The van der Waals surface area contributed by atoms with Crippen molar-refractivity contribution in [2.45, 2.75) is 12.6 Å². The SMILES string of the molecule is O=C(C1CC(=O)N(c2ccccc2)C1)N1CCN(c2ncc(C(F)(F)F)cc2Cl)CC1. The molecular weight excluding hydrogens is 433 g/mol. The Balaban J connectivity index is 1.37. The molecule has 10 heteroatoms. The molecule has 0 bridgehead atoms. The molecule has 0 saturated carbocycles. The summed E-state index contributed by atoms with van der Waals surface area (Å²) in [5.41, 5.74) is -0.125. The summed E-state index contributed by atoms with van der Waals surface area (Å²) >= 11 is 6.03. The number of anilines is 2. The molecular formula is C21H20ClF3N4O2. The second kappa shape index (κ2) is 8.37. The lowest BCUT2D eigenvalue weighted by atomic mass is 10.1. The number of piperazine rings is 1. The van der Waals surface area contributed by atoms with Crippen molar-refractivity contribution in [3.8, 4) is 0 Å². The highest BCUT2D eigenvalue weighted by atomic mass is 35.5. The topological polar surface area (TPSA) is 56.8 Å². The molecule has 164 valence electrons. The van der Waals surface area contributed by atoms with Gasteiger partial charge in [0.15, 0.2) is 0 Å². The minimum Gasteiger partial charge on any atom is -0.352 e. The van der Waals surface area contributed by atoms with E-state index in [4.69, 9.17) is 11.6 Å². The summed E-state index contributed by atoms with van der Waals surface area (Å²) in [5.74, 6) is -0.304. The van der Waals surface area contributed by atoms with Gasteiger partial charge in [0.1, 0.15) is 5.82 Å². The second-order valence-electron chi connectivity index (χ2n) is 7.58. The molecule has 4 rings (SSSR count). The van der Waals surface area contributed by atoms with Gasteiger partial charge in [0, 0.05) is 51.0 Å². The van der Waals surface area contributed by atoms with Gasteiger partial charge in [-0.3, -0.25) is 9.59 Å². The van der Waals surface area contributed by atoms with E-state index in [1.807, 2.05) is 30.3 Å². The third kappa shape index (κ3) is 4.46. The summed E-state index contributed by atoms with van der Waals surface area (Å²) in [7, 11) is 0. The predicted octanol–water partition coefficient (Wildman–Crippen LogP) is 3.46. The van der Waals surface area contributed by atoms with Crippen LogP contribution in [0.2, 0.25) is 5.02 Å². The number of amides is 2. The molecule has 0 spiro atoms. The molecule has 2 amide bonds. The van der Waals surface area contributed by atoms with Crippen LogP contribution >= 0.6 is 11.6 Å². The third-order valence-electron chi connectivity index (χ3n) is 5.58. The second-order valence-corrected chi connectivity index (χ2v) is 7.99. The average Bonchev–Trinajstić information content (AvgIpc) is 3.15. The van der Waals surface area contributed by atoms with E-state index in [0.717, 1.165) is 18.0 Å². The van der Waals surface area contributed by atoms with Crippen molar-refractivity contribution in [1.82, 2.24) is 9.88 Å². The molecule has 6 nitrogen and oxygen atoms in total. The zero-order valence-corrected chi connectivity index (χ0v) is 17.2. The summed E-state index contributed by atoms with van der Waals surface area (Å²) < 4.78 is 38.4. The van der Waals surface area contributed by atoms with E-state index in [-0.39, 0.29) is 29.1 Å². The molecule has 2 aliphatic rings. The van der Waals surface area contributed by atoms with Crippen LogP contribution in [-0.4, -0.2) is 54.4 Å². The van der Waals surface area contributed by atoms with Crippen molar-refractivity contribution in [1.29, 1.82) is 0 Å². The number of benzene rings is 1. The lowest BCUT2D eigenvalue weighted by Crippen LogP contribution is -2.51. The van der Waals surface area contributed by atoms with Gasteiger partial charge in [0.05, 0.1) is 16.5 Å². The Labute approximate surface area is 182 Å². The number of hydrogen-bond acceptors (Lipinski definition) is 4. The van der Waals surface area contributed by atoms with Crippen molar-refractivity contribution < 1.29 is 22.8 Å². The first-order valence-electron chi connectivity index (χ1n) is 9.86. The quantitative estimate of drug-likeness (QED) is 0.715. The van der Waals surface area contributed by atoms with Crippen molar-refractivity contribution in [2.75, 3.05) is 42.5 Å². The molecule has 0 radical (unpaired) electrons. The summed E-state index contributed by atoms with van der Waals surface area (Å²) in [6.07, 6.45) is -3.58. The van der Waals surface area contributed by atoms with Gasteiger partial charge in [0.2, 0.25) is 11.8 Å². The van der Waals surface area contributed by atoms with Gasteiger partial charge >= 0.3 is 6.18 Å². The Morgan fingerprint density at radius 3 is 2.39 bits per heavy atom. The zero-order valence-electron chi connectivity index (χ0n) is 16.5. The fourth-order valence-electron chi connectivity index (χ4n) is 3.95. The summed E-state index contributed by atoms with van der Waals surface area (Å²) in [4.78, 5) is 34.3. The number of pyridine rings is 1. The van der Waals surface area contributed by atoms with E-state index in [0.29, 0.717) is 32.7 Å². The first-order chi connectivity index (χ1) is 14.7. The molecule has 1 aromatic heterocycles. The Bertz CT molecular complexity index is 978. The maximum atomic E-state index is 12.9. The zero-order chi connectivity index (χ0) is 22.2. The highest BCUT2D eigenvalue weighted by Crippen LogP contribution is 2.34. The van der Waals surface area contributed by atoms with Crippen LogP contribution in [0.25, 0.3) is 0 Å². The van der Waals surface area contributed by atoms with Crippen molar-refractivity contribution in [2.24, 2.45) is 5.92 Å². The molecule has 1 aromatic carbocycles. The van der Waals surface area contributed by atoms with E-state index in [1.54, 1.807) is 14.7 Å². The van der Waals surface area contributed by atoms with Gasteiger partial charge in [-0.2, -0.15) is 13.2 Å². The van der Waals surface area contributed by atoms with Crippen LogP contribution < -0.4 is 9.80 Å². The monoisotopic (exact) mass is 452 g/mol. The lowest BCUT2D eigenvalue weighted by Gasteiger charge is -2.36. The number of carbonyl (C=O) groups excluding carboxylic acids is 2. The normalized spacial score (nSPS) is 19.8. The molecule has 0 N–H and O–H groups in total. The molecule has 31 heavy (non-hydrogen) atoms. The van der Waals surface area contributed by atoms with Gasteiger partial charge in [0.25, 0.3) is 0 Å². The fourth-order valence-corrected chi connectivity index (χ4v) is 4.23. The predicted molar refractivity (Wildman–Crippen MR) is 110 cm³/mol. The summed E-state index contributed by atoms with van der Waals surface area (Å²) in [6, 6.07) is 10.1. The van der Waals surface area contributed by atoms with Gasteiger partial charge in [-0.15, -0.1) is 0 Å². The average molecular weight is 453 g/mol. The van der Waals surface area contributed by atoms with Crippen LogP contribution in [0, 0.1) is 5.92 Å². The molecule has 0 aliphatic carbocycles. The smallest absolute Gasteiger partial charge is 0.352 e. The largest absolute Gasteiger partial charge is 0.417 e. The van der Waals surface area contributed by atoms with E-state index in [9.17, 15) is 22.8 Å². The maximum absolute atomic E-state index is 12.9. The minimum absolute atomic E-state index is 0.0745. The van der Waals surface area contributed by atoms with Gasteiger partial charge in [-0.25, -0.2) is 4.98 Å². The van der Waals surface area contributed by atoms with E-state index >= 15 is 0 Å². The van der Waals surface area contributed by atoms with Crippen LogP contribution in [0.5, 0.6) is 0 Å². The van der Waals surface area contributed by atoms with Crippen LogP contribution in [0.3, 0.4) is 0 Å². The number of carbonyl (C=O) groups is 2. The van der Waals surface area contributed by atoms with Crippen LogP contribution in [-0.2, 0) is 15.8 Å². The van der Waals surface area contributed by atoms with E-state index in [2.05, 4.69) is 4.98 Å². The highest BCUT2D eigenvalue weighted by Gasteiger charge is 2.38. The highest BCUT2D eigenvalue weighted by molar-refractivity contribution is 6.33. The van der Waals surface area contributed by atoms with Gasteiger partial charge in [-0.05, 0) is 18.2 Å². The Morgan fingerprint density at radius 1 is 1.10 bits per heavy atom. The number of halogens is 4. The van der Waals surface area contributed by atoms with Crippen LogP contribution in [0.15, 0.2) is 42.6 Å². The number of para-hydroxylation sites is 1. The van der Waals surface area contributed by atoms with Gasteiger partial charge in [-0.1, -0.05) is 29.8 Å². The first-order valence-corrected chi connectivity index (χ1v) is 10.2. The van der Waals surface area contributed by atoms with E-state index < -0.39 is 17.7 Å². The standard InChI is InChI=1S/C21H20ClF3N4O2/c22-17-11-15(21(23,24)25)12-26-19(17)27-6-8-28(9-7-27)20(31)14-10-18(30)29(13-14)16-4-2-1-3-5-16/h1-5,11-12,14H,6-10,13H2. The molecule has 1 atom stereocenters. The number of nitrogens with zero attached hydrogens (tertiary/aromatic N) is 4. The maximum Gasteiger partial charge on any atom is 0.417 e. The molecule has 2 aliphatic heterocycles.